The van der Waals surface area contributed by atoms with Gasteiger partial charge in [-0.2, -0.15) is 5.10 Å². The molecular weight excluding hydrogens is 342 g/mol. The van der Waals surface area contributed by atoms with Gasteiger partial charge in [0.1, 0.15) is 0 Å². The molecule has 6 nitrogen and oxygen atoms in total. The molecule has 0 unspecified atom stereocenters. The maximum atomic E-state index is 12.2. The minimum Gasteiger partial charge on any atom is -0.273 e. The molecule has 140 valence electrons. The van der Waals surface area contributed by atoms with Crippen LogP contribution in [0.4, 0.5) is 5.69 Å². The first kappa shape index (κ1) is 18.8. The first-order valence-corrected chi connectivity index (χ1v) is 8.93. The summed E-state index contributed by atoms with van der Waals surface area (Å²) in [6.07, 6.45) is 2.23. The molecule has 0 heterocycles. The molecule has 2 aromatic carbocycles. The topological polar surface area (TPSA) is 84.6 Å². The Morgan fingerprint density at radius 1 is 1.22 bits per heavy atom. The molecule has 1 aliphatic rings. The highest BCUT2D eigenvalue weighted by molar-refractivity contribution is 5.85. The van der Waals surface area contributed by atoms with E-state index in [2.05, 4.69) is 55.6 Å². The first-order valence-electron chi connectivity index (χ1n) is 8.93. The van der Waals surface area contributed by atoms with E-state index in [9.17, 15) is 14.9 Å². The number of hydrazone groups is 1. The lowest BCUT2D eigenvalue weighted by molar-refractivity contribution is -0.384. The van der Waals surface area contributed by atoms with Gasteiger partial charge in [-0.05, 0) is 28.9 Å². The van der Waals surface area contributed by atoms with Crippen molar-refractivity contribution in [3.8, 4) is 0 Å². The minimum absolute atomic E-state index is 0.00811. The van der Waals surface area contributed by atoms with Crippen LogP contribution in [0.25, 0.3) is 0 Å². The average Bonchev–Trinajstić information content (AvgIpc) is 3.42. The van der Waals surface area contributed by atoms with Crippen molar-refractivity contribution in [1.29, 1.82) is 0 Å². The number of carbonyl (C=O) groups is 1. The fourth-order valence-corrected chi connectivity index (χ4v) is 3.06. The molecule has 1 saturated carbocycles. The van der Waals surface area contributed by atoms with Gasteiger partial charge >= 0.3 is 0 Å². The molecule has 1 amide bonds. The molecule has 2 atom stereocenters. The first-order chi connectivity index (χ1) is 12.8. The van der Waals surface area contributed by atoms with Crippen molar-refractivity contribution in [2.45, 2.75) is 38.5 Å². The SMILES string of the molecule is CC(C)(C)c1ccc([C@H]2C[C@@H]2C(=O)N/N=C\c2cccc([N+](=O)[O-])c2)cc1. The van der Waals surface area contributed by atoms with Crippen LogP contribution in [0.2, 0.25) is 0 Å². The molecule has 1 fully saturated rings. The Hall–Kier alpha value is -3.02. The number of nitro benzene ring substituents is 1. The summed E-state index contributed by atoms with van der Waals surface area (Å²) in [7, 11) is 0. The van der Waals surface area contributed by atoms with Crippen molar-refractivity contribution in [3.05, 3.63) is 75.3 Å². The Kier molecular flexibility index (Phi) is 5.08. The summed E-state index contributed by atoms with van der Waals surface area (Å²) >= 11 is 0. The van der Waals surface area contributed by atoms with E-state index < -0.39 is 4.92 Å². The van der Waals surface area contributed by atoms with Crippen molar-refractivity contribution >= 4 is 17.8 Å². The lowest BCUT2D eigenvalue weighted by Gasteiger charge is -2.19. The second-order valence-electron chi connectivity index (χ2n) is 7.91. The summed E-state index contributed by atoms with van der Waals surface area (Å²) in [4.78, 5) is 22.6. The van der Waals surface area contributed by atoms with E-state index in [1.165, 1.54) is 29.5 Å². The van der Waals surface area contributed by atoms with Gasteiger partial charge in [-0.1, -0.05) is 57.2 Å². The maximum absolute atomic E-state index is 12.2. The number of hydrogen-bond acceptors (Lipinski definition) is 4. The van der Waals surface area contributed by atoms with Crippen LogP contribution in [-0.2, 0) is 10.2 Å². The summed E-state index contributed by atoms with van der Waals surface area (Å²) in [6, 6.07) is 14.6. The molecule has 0 bridgehead atoms. The Morgan fingerprint density at radius 3 is 2.56 bits per heavy atom. The van der Waals surface area contributed by atoms with Gasteiger partial charge in [0, 0.05) is 23.6 Å². The molecule has 0 aliphatic heterocycles. The molecule has 0 saturated heterocycles. The largest absolute Gasteiger partial charge is 0.273 e. The number of non-ortho nitro benzene ring substituents is 1. The van der Waals surface area contributed by atoms with Crippen molar-refractivity contribution in [1.82, 2.24) is 5.43 Å². The van der Waals surface area contributed by atoms with E-state index in [1.54, 1.807) is 12.1 Å². The highest BCUT2D eigenvalue weighted by atomic mass is 16.6. The normalized spacial score (nSPS) is 19.1. The summed E-state index contributed by atoms with van der Waals surface area (Å²) in [5.41, 5.74) is 5.65. The highest BCUT2D eigenvalue weighted by Gasteiger charge is 2.43. The summed E-state index contributed by atoms with van der Waals surface area (Å²) < 4.78 is 0. The zero-order chi connectivity index (χ0) is 19.6. The van der Waals surface area contributed by atoms with Gasteiger partial charge < -0.3 is 0 Å². The van der Waals surface area contributed by atoms with Crippen molar-refractivity contribution in [2.24, 2.45) is 11.0 Å². The van der Waals surface area contributed by atoms with E-state index in [-0.39, 0.29) is 28.8 Å². The zero-order valence-electron chi connectivity index (χ0n) is 15.7. The molecule has 27 heavy (non-hydrogen) atoms. The van der Waals surface area contributed by atoms with Gasteiger partial charge in [-0.3, -0.25) is 14.9 Å². The van der Waals surface area contributed by atoms with Gasteiger partial charge in [0.2, 0.25) is 5.91 Å². The number of amides is 1. The Bertz CT molecular complexity index is 882. The van der Waals surface area contributed by atoms with Crippen molar-refractivity contribution in [2.75, 3.05) is 0 Å². The molecule has 2 aromatic rings. The number of benzene rings is 2. The standard InChI is InChI=1S/C21H23N3O3/c1-21(2,3)16-9-7-15(8-10-16)18-12-19(18)20(25)23-22-13-14-5-4-6-17(11-14)24(26)27/h4-11,13,18-19H,12H2,1-3H3,(H,23,25)/b22-13-/t18-,19+/m1/s1. The predicted molar refractivity (Wildman–Crippen MR) is 105 cm³/mol. The predicted octanol–water partition coefficient (Wildman–Crippen LogP) is 4.15. The quantitative estimate of drug-likeness (QED) is 0.491. The monoisotopic (exact) mass is 365 g/mol. The third-order valence-electron chi connectivity index (χ3n) is 4.80. The average molecular weight is 365 g/mol. The van der Waals surface area contributed by atoms with Crippen molar-refractivity contribution < 1.29 is 9.72 Å². The molecule has 0 radical (unpaired) electrons. The minimum atomic E-state index is -0.463. The van der Waals surface area contributed by atoms with E-state index in [0.29, 0.717) is 5.56 Å². The Labute approximate surface area is 158 Å². The van der Waals surface area contributed by atoms with Crippen molar-refractivity contribution in [3.63, 3.8) is 0 Å². The molecule has 1 N–H and O–H groups in total. The van der Waals surface area contributed by atoms with Gasteiger partial charge in [-0.15, -0.1) is 0 Å². The molecule has 0 spiro atoms. The Balaban J connectivity index is 1.56. The zero-order valence-corrected chi connectivity index (χ0v) is 15.7. The van der Waals surface area contributed by atoms with Crippen LogP contribution in [0.3, 0.4) is 0 Å². The second-order valence-corrected chi connectivity index (χ2v) is 7.91. The molecule has 6 heteroatoms. The number of hydrogen-bond donors (Lipinski definition) is 1. The third-order valence-corrected chi connectivity index (χ3v) is 4.80. The highest BCUT2D eigenvalue weighted by Crippen LogP contribution is 2.47. The number of carbonyl (C=O) groups excluding carboxylic acids is 1. The molecule has 1 aliphatic carbocycles. The van der Waals surface area contributed by atoms with Crippen LogP contribution in [-0.4, -0.2) is 17.0 Å². The summed E-state index contributed by atoms with van der Waals surface area (Å²) in [5.74, 6) is 0.0290. The van der Waals surface area contributed by atoms with Gasteiger partial charge in [-0.25, -0.2) is 5.43 Å². The van der Waals surface area contributed by atoms with E-state index in [4.69, 9.17) is 0 Å². The number of rotatable bonds is 5. The fraction of sp³-hybridized carbons (Fsp3) is 0.333. The van der Waals surface area contributed by atoms with E-state index in [1.807, 2.05) is 0 Å². The third kappa shape index (κ3) is 4.58. The maximum Gasteiger partial charge on any atom is 0.270 e. The summed E-state index contributed by atoms with van der Waals surface area (Å²) in [5, 5.41) is 14.7. The van der Waals surface area contributed by atoms with E-state index in [0.717, 1.165) is 6.42 Å². The number of nitro groups is 1. The smallest absolute Gasteiger partial charge is 0.270 e. The van der Waals surface area contributed by atoms with E-state index >= 15 is 0 Å². The van der Waals surface area contributed by atoms with Gasteiger partial charge in [0.05, 0.1) is 11.1 Å². The number of nitrogens with one attached hydrogen (secondary N) is 1. The fourth-order valence-electron chi connectivity index (χ4n) is 3.06. The molecular formula is C21H23N3O3. The van der Waals surface area contributed by atoms with Crippen LogP contribution in [0.15, 0.2) is 53.6 Å². The van der Waals surface area contributed by atoms with Crippen LogP contribution in [0.5, 0.6) is 0 Å². The van der Waals surface area contributed by atoms with Crippen LogP contribution >= 0.6 is 0 Å². The summed E-state index contributed by atoms with van der Waals surface area (Å²) in [6.45, 7) is 6.53. The van der Waals surface area contributed by atoms with Crippen LogP contribution in [0.1, 0.15) is 49.8 Å². The van der Waals surface area contributed by atoms with Gasteiger partial charge in [0.25, 0.3) is 5.69 Å². The van der Waals surface area contributed by atoms with Gasteiger partial charge in [0.15, 0.2) is 0 Å². The van der Waals surface area contributed by atoms with Crippen LogP contribution in [0, 0.1) is 16.0 Å². The lowest BCUT2D eigenvalue weighted by Crippen LogP contribution is -2.20. The van der Waals surface area contributed by atoms with Crippen LogP contribution < -0.4 is 5.43 Å². The molecule has 0 aromatic heterocycles. The second kappa shape index (κ2) is 7.31. The Morgan fingerprint density at radius 2 is 1.93 bits per heavy atom. The molecule has 3 rings (SSSR count). The lowest BCUT2D eigenvalue weighted by atomic mass is 9.86. The number of nitrogens with zero attached hydrogens (tertiary/aromatic N) is 2.